The first-order chi connectivity index (χ1) is 8.99. The van der Waals surface area contributed by atoms with Crippen LogP contribution in [0.5, 0.6) is 0 Å². The second-order valence-electron chi connectivity index (χ2n) is 4.48. The second kappa shape index (κ2) is 7.23. The summed E-state index contributed by atoms with van der Waals surface area (Å²) in [6.07, 6.45) is 1.36. The number of thiazole rings is 1. The summed E-state index contributed by atoms with van der Waals surface area (Å²) in [7, 11) is 1.33. The number of nitrogens with zero attached hydrogens (tertiary/aromatic N) is 2. The van der Waals surface area contributed by atoms with E-state index in [0.29, 0.717) is 18.7 Å². The number of aromatic nitrogens is 1. The van der Waals surface area contributed by atoms with Crippen molar-refractivity contribution in [1.82, 2.24) is 9.88 Å². The molecule has 0 atom stereocenters. The highest BCUT2D eigenvalue weighted by atomic mass is 32.1. The van der Waals surface area contributed by atoms with Crippen molar-refractivity contribution >= 4 is 23.2 Å². The van der Waals surface area contributed by atoms with E-state index in [9.17, 15) is 9.59 Å². The van der Waals surface area contributed by atoms with Gasteiger partial charge in [-0.3, -0.25) is 4.79 Å². The average Bonchev–Trinajstić information content (AvgIpc) is 2.83. The van der Waals surface area contributed by atoms with E-state index in [1.165, 1.54) is 18.4 Å². The van der Waals surface area contributed by atoms with E-state index in [1.54, 1.807) is 10.3 Å². The molecule has 1 aromatic heterocycles. The molecule has 1 amide bonds. The first-order valence-corrected chi connectivity index (χ1v) is 7.19. The SMILES string of the molecule is CCCC(=O)N(Cc1nc(C(=O)OC)cs1)C(C)C. The average molecular weight is 284 g/mol. The summed E-state index contributed by atoms with van der Waals surface area (Å²) in [6.45, 7) is 6.37. The standard InChI is InChI=1S/C13H20N2O3S/c1-5-6-12(16)15(9(2)3)7-11-14-10(8-19-11)13(17)18-4/h8-9H,5-7H2,1-4H3. The van der Waals surface area contributed by atoms with Gasteiger partial charge in [-0.2, -0.15) is 0 Å². The topological polar surface area (TPSA) is 59.5 Å². The van der Waals surface area contributed by atoms with Gasteiger partial charge in [-0.1, -0.05) is 6.92 Å². The normalized spacial score (nSPS) is 10.6. The van der Waals surface area contributed by atoms with Gasteiger partial charge in [0.2, 0.25) is 5.91 Å². The number of carbonyl (C=O) groups is 2. The van der Waals surface area contributed by atoms with Gasteiger partial charge in [0, 0.05) is 17.8 Å². The molecule has 106 valence electrons. The Balaban J connectivity index is 2.77. The number of amides is 1. The highest BCUT2D eigenvalue weighted by Gasteiger charge is 2.19. The molecular weight excluding hydrogens is 264 g/mol. The predicted octanol–water partition coefficient (Wildman–Crippen LogP) is 2.47. The lowest BCUT2D eigenvalue weighted by atomic mass is 10.2. The zero-order valence-corrected chi connectivity index (χ0v) is 12.6. The minimum atomic E-state index is -0.446. The third-order valence-corrected chi connectivity index (χ3v) is 3.49. The molecule has 0 radical (unpaired) electrons. The van der Waals surface area contributed by atoms with Crippen LogP contribution in [0, 0.1) is 0 Å². The Morgan fingerprint density at radius 1 is 1.47 bits per heavy atom. The van der Waals surface area contributed by atoms with Crippen molar-refractivity contribution in [1.29, 1.82) is 0 Å². The molecule has 6 heteroatoms. The molecular formula is C13H20N2O3S. The fraction of sp³-hybridized carbons (Fsp3) is 0.615. The van der Waals surface area contributed by atoms with Crippen LogP contribution in [0.15, 0.2) is 5.38 Å². The van der Waals surface area contributed by atoms with E-state index in [2.05, 4.69) is 9.72 Å². The summed E-state index contributed by atoms with van der Waals surface area (Å²) in [4.78, 5) is 29.3. The third-order valence-electron chi connectivity index (χ3n) is 2.66. The van der Waals surface area contributed by atoms with Crippen LogP contribution in [0.2, 0.25) is 0 Å². The Morgan fingerprint density at radius 2 is 2.16 bits per heavy atom. The van der Waals surface area contributed by atoms with Crippen LogP contribution in [0.4, 0.5) is 0 Å². The summed E-state index contributed by atoms with van der Waals surface area (Å²) in [5.74, 6) is -0.328. The van der Waals surface area contributed by atoms with Crippen LogP contribution >= 0.6 is 11.3 Å². The van der Waals surface area contributed by atoms with Crippen LogP contribution in [-0.4, -0.2) is 34.9 Å². The second-order valence-corrected chi connectivity index (χ2v) is 5.43. The van der Waals surface area contributed by atoms with E-state index in [-0.39, 0.29) is 11.9 Å². The molecule has 0 aliphatic heterocycles. The van der Waals surface area contributed by atoms with E-state index in [0.717, 1.165) is 11.4 Å². The molecule has 0 spiro atoms. The van der Waals surface area contributed by atoms with Crippen molar-refractivity contribution in [3.8, 4) is 0 Å². The molecule has 1 heterocycles. The van der Waals surface area contributed by atoms with Crippen LogP contribution in [0.25, 0.3) is 0 Å². The minimum absolute atomic E-state index is 0.115. The molecule has 0 aromatic carbocycles. The molecule has 0 fully saturated rings. The van der Waals surface area contributed by atoms with E-state index < -0.39 is 5.97 Å². The smallest absolute Gasteiger partial charge is 0.357 e. The number of rotatable bonds is 6. The Bertz CT molecular complexity index is 443. The Labute approximate surface area is 117 Å². The molecule has 0 saturated heterocycles. The lowest BCUT2D eigenvalue weighted by Gasteiger charge is -2.25. The van der Waals surface area contributed by atoms with Gasteiger partial charge in [0.1, 0.15) is 5.01 Å². The van der Waals surface area contributed by atoms with E-state index in [4.69, 9.17) is 0 Å². The summed E-state index contributed by atoms with van der Waals surface area (Å²) >= 11 is 1.37. The van der Waals surface area contributed by atoms with E-state index in [1.807, 2.05) is 20.8 Å². The summed E-state index contributed by atoms with van der Waals surface area (Å²) in [6, 6.07) is 0.115. The summed E-state index contributed by atoms with van der Waals surface area (Å²) in [5.41, 5.74) is 0.300. The van der Waals surface area contributed by atoms with Gasteiger partial charge in [-0.15, -0.1) is 11.3 Å². The van der Waals surface area contributed by atoms with Gasteiger partial charge in [-0.05, 0) is 20.3 Å². The highest BCUT2D eigenvalue weighted by Crippen LogP contribution is 2.16. The number of hydrogen-bond acceptors (Lipinski definition) is 5. The maximum absolute atomic E-state index is 12.0. The summed E-state index contributed by atoms with van der Waals surface area (Å²) < 4.78 is 4.61. The van der Waals surface area contributed by atoms with Crippen molar-refractivity contribution in [3.05, 3.63) is 16.1 Å². The predicted molar refractivity (Wildman–Crippen MR) is 74.0 cm³/mol. The number of esters is 1. The summed E-state index contributed by atoms with van der Waals surface area (Å²) in [5, 5.41) is 2.41. The van der Waals surface area contributed by atoms with Gasteiger partial charge in [0.25, 0.3) is 0 Å². The molecule has 0 saturated carbocycles. The molecule has 0 aliphatic carbocycles. The zero-order chi connectivity index (χ0) is 14.4. The molecule has 1 aromatic rings. The van der Waals surface area contributed by atoms with Gasteiger partial charge in [-0.25, -0.2) is 9.78 Å². The van der Waals surface area contributed by atoms with Gasteiger partial charge < -0.3 is 9.64 Å². The van der Waals surface area contributed by atoms with Gasteiger partial charge in [0.15, 0.2) is 5.69 Å². The van der Waals surface area contributed by atoms with Crippen molar-refractivity contribution in [2.45, 2.75) is 46.2 Å². The first kappa shape index (κ1) is 15.6. The third kappa shape index (κ3) is 4.31. The molecule has 5 nitrogen and oxygen atoms in total. The largest absolute Gasteiger partial charge is 0.464 e. The molecule has 0 N–H and O–H groups in total. The highest BCUT2D eigenvalue weighted by molar-refractivity contribution is 7.09. The van der Waals surface area contributed by atoms with Crippen LogP contribution in [0.1, 0.15) is 49.1 Å². The number of carbonyl (C=O) groups excluding carboxylic acids is 2. The van der Waals surface area contributed by atoms with Gasteiger partial charge in [0.05, 0.1) is 13.7 Å². The lowest BCUT2D eigenvalue weighted by molar-refractivity contribution is -0.133. The van der Waals surface area contributed by atoms with Crippen molar-refractivity contribution in [3.63, 3.8) is 0 Å². The molecule has 0 aliphatic rings. The number of methoxy groups -OCH3 is 1. The van der Waals surface area contributed by atoms with Crippen LogP contribution in [0.3, 0.4) is 0 Å². The monoisotopic (exact) mass is 284 g/mol. The fourth-order valence-electron chi connectivity index (χ4n) is 1.64. The lowest BCUT2D eigenvalue weighted by Crippen LogP contribution is -2.36. The fourth-order valence-corrected chi connectivity index (χ4v) is 2.41. The van der Waals surface area contributed by atoms with Crippen molar-refractivity contribution in [2.24, 2.45) is 0 Å². The molecule has 1 rings (SSSR count). The van der Waals surface area contributed by atoms with Crippen LogP contribution < -0.4 is 0 Å². The molecule has 19 heavy (non-hydrogen) atoms. The maximum Gasteiger partial charge on any atom is 0.357 e. The quantitative estimate of drug-likeness (QED) is 0.753. The zero-order valence-electron chi connectivity index (χ0n) is 11.8. The van der Waals surface area contributed by atoms with Crippen LogP contribution in [-0.2, 0) is 16.1 Å². The number of hydrogen-bond donors (Lipinski definition) is 0. The first-order valence-electron chi connectivity index (χ1n) is 6.31. The molecule has 0 bridgehead atoms. The maximum atomic E-state index is 12.0. The Hall–Kier alpha value is -1.43. The number of ether oxygens (including phenoxy) is 1. The van der Waals surface area contributed by atoms with Crippen molar-refractivity contribution in [2.75, 3.05) is 7.11 Å². The molecule has 0 unspecified atom stereocenters. The Morgan fingerprint density at radius 3 is 2.68 bits per heavy atom. The van der Waals surface area contributed by atoms with E-state index >= 15 is 0 Å². The van der Waals surface area contributed by atoms with Gasteiger partial charge >= 0.3 is 5.97 Å². The Kier molecular flexibility index (Phi) is 5.95. The minimum Gasteiger partial charge on any atom is -0.464 e. The van der Waals surface area contributed by atoms with Crippen molar-refractivity contribution < 1.29 is 14.3 Å².